The topological polar surface area (TPSA) is 27.7 Å². The number of hydrogen-bond donors (Lipinski definition) is 0. The maximum Gasteiger partial charge on any atom is 0.125 e. The van der Waals surface area contributed by atoms with Crippen molar-refractivity contribution in [3.8, 4) is 17.2 Å². The first-order valence-electron chi connectivity index (χ1n) is 12.7. The van der Waals surface area contributed by atoms with E-state index < -0.39 is 0 Å². The number of methoxy groups -OCH3 is 3. The highest BCUT2D eigenvalue weighted by atomic mass is 16.5. The Hall–Kier alpha value is -2.94. The van der Waals surface area contributed by atoms with Crippen LogP contribution < -0.4 is 14.2 Å². The van der Waals surface area contributed by atoms with E-state index in [1.54, 1.807) is 7.11 Å². The number of aryl methyl sites for hydroxylation is 6. The summed E-state index contributed by atoms with van der Waals surface area (Å²) >= 11 is 0. The zero-order chi connectivity index (χ0) is 25.3. The van der Waals surface area contributed by atoms with Gasteiger partial charge < -0.3 is 14.2 Å². The Labute approximate surface area is 211 Å². The summed E-state index contributed by atoms with van der Waals surface area (Å²) in [7, 11) is 5.36. The number of hydrogen-bond acceptors (Lipinski definition) is 3. The highest BCUT2D eigenvalue weighted by molar-refractivity contribution is 5.52. The predicted octanol–water partition coefficient (Wildman–Crippen LogP) is 7.10. The van der Waals surface area contributed by atoms with Gasteiger partial charge in [0.05, 0.1) is 21.3 Å². The Kier molecular flexibility index (Phi) is 7.17. The summed E-state index contributed by atoms with van der Waals surface area (Å²) in [5.41, 5.74) is 11.7. The van der Waals surface area contributed by atoms with Crippen molar-refractivity contribution in [2.45, 2.75) is 72.1 Å². The van der Waals surface area contributed by atoms with Crippen molar-refractivity contribution in [2.24, 2.45) is 0 Å². The Morgan fingerprint density at radius 3 is 1.31 bits per heavy atom. The molecule has 0 radical (unpaired) electrons. The van der Waals surface area contributed by atoms with Crippen LogP contribution >= 0.6 is 0 Å². The van der Waals surface area contributed by atoms with Gasteiger partial charge in [-0.05, 0) is 101 Å². The first kappa shape index (κ1) is 25.2. The fourth-order valence-electron chi connectivity index (χ4n) is 5.62. The minimum Gasteiger partial charge on any atom is -0.496 e. The van der Waals surface area contributed by atoms with Crippen LogP contribution in [0.1, 0.15) is 70.8 Å². The van der Waals surface area contributed by atoms with Crippen molar-refractivity contribution in [1.29, 1.82) is 0 Å². The molecule has 1 aliphatic rings. The molecule has 186 valence electrons. The summed E-state index contributed by atoms with van der Waals surface area (Å²) in [6, 6.07) is 13.9. The van der Waals surface area contributed by atoms with Gasteiger partial charge in [0, 0.05) is 0 Å². The average Bonchev–Trinajstić information content (AvgIpc) is 2.79. The molecule has 3 aromatic carbocycles. The lowest BCUT2D eigenvalue weighted by molar-refractivity contribution is 0.396. The van der Waals surface area contributed by atoms with Gasteiger partial charge in [0.2, 0.25) is 0 Å². The second-order valence-corrected chi connectivity index (χ2v) is 11.0. The van der Waals surface area contributed by atoms with Gasteiger partial charge in [-0.2, -0.15) is 0 Å². The second-order valence-electron chi connectivity index (χ2n) is 11.0. The number of ether oxygens (including phenoxy) is 3. The Bertz CT molecular complexity index is 1160. The molecule has 4 rings (SSSR count). The van der Waals surface area contributed by atoms with Crippen molar-refractivity contribution in [3.63, 3.8) is 0 Å². The summed E-state index contributed by atoms with van der Waals surface area (Å²) in [4.78, 5) is 0. The van der Waals surface area contributed by atoms with Crippen molar-refractivity contribution in [2.75, 3.05) is 21.3 Å². The molecule has 0 unspecified atom stereocenters. The molecular formula is C32H40O3. The van der Waals surface area contributed by atoms with E-state index in [0.29, 0.717) is 0 Å². The standard InChI is InChI=1S/C32H40O3/c1-20-13-22(14-21(2)29(20)33-6)15-23-16-24-9-11-26-18-28(32(3,4)5)19-27(31(26)35-8)12-10-25(17-23)30(24)34-7/h13-14,16-19H,9-12,15H2,1-8H3. The molecule has 35 heavy (non-hydrogen) atoms. The van der Waals surface area contributed by atoms with Crippen LogP contribution in [0, 0.1) is 13.8 Å². The highest BCUT2D eigenvalue weighted by Gasteiger charge is 2.22. The molecule has 4 bridgehead atoms. The molecule has 3 aromatic rings. The smallest absolute Gasteiger partial charge is 0.125 e. The van der Waals surface area contributed by atoms with E-state index in [2.05, 4.69) is 71.0 Å². The van der Waals surface area contributed by atoms with Gasteiger partial charge in [-0.25, -0.2) is 0 Å². The maximum absolute atomic E-state index is 5.98. The van der Waals surface area contributed by atoms with Gasteiger partial charge in [-0.3, -0.25) is 0 Å². The molecule has 0 amide bonds. The lowest BCUT2D eigenvalue weighted by Gasteiger charge is -2.25. The highest BCUT2D eigenvalue weighted by Crippen LogP contribution is 2.37. The average molecular weight is 473 g/mol. The lowest BCUT2D eigenvalue weighted by Crippen LogP contribution is -2.14. The van der Waals surface area contributed by atoms with Crippen LogP contribution in [-0.2, 0) is 37.5 Å². The molecule has 0 saturated heterocycles. The van der Waals surface area contributed by atoms with Crippen molar-refractivity contribution in [3.05, 3.63) is 86.5 Å². The van der Waals surface area contributed by atoms with E-state index in [4.69, 9.17) is 14.2 Å². The molecule has 0 N–H and O–H groups in total. The van der Waals surface area contributed by atoms with Crippen molar-refractivity contribution >= 4 is 0 Å². The second kappa shape index (κ2) is 9.97. The molecule has 1 aliphatic carbocycles. The Balaban J connectivity index is 1.74. The van der Waals surface area contributed by atoms with Crippen LogP contribution in [0.2, 0.25) is 0 Å². The van der Waals surface area contributed by atoms with E-state index in [9.17, 15) is 0 Å². The molecule has 0 atom stereocenters. The van der Waals surface area contributed by atoms with E-state index in [0.717, 1.165) is 49.4 Å². The minimum atomic E-state index is 0.105. The van der Waals surface area contributed by atoms with Gasteiger partial charge in [-0.1, -0.05) is 57.2 Å². The zero-order valence-electron chi connectivity index (χ0n) is 22.7. The number of rotatable bonds is 5. The Morgan fingerprint density at radius 1 is 0.571 bits per heavy atom. The molecule has 0 heterocycles. The fraction of sp³-hybridized carbons (Fsp3) is 0.438. The fourth-order valence-corrected chi connectivity index (χ4v) is 5.62. The molecule has 0 fully saturated rings. The van der Waals surface area contributed by atoms with Gasteiger partial charge in [-0.15, -0.1) is 0 Å². The molecule has 0 aromatic heterocycles. The van der Waals surface area contributed by atoms with Crippen LogP contribution in [-0.4, -0.2) is 21.3 Å². The van der Waals surface area contributed by atoms with Gasteiger partial charge in [0.1, 0.15) is 17.2 Å². The summed E-state index contributed by atoms with van der Waals surface area (Å²) in [5, 5.41) is 0. The number of fused-ring (bicyclic) bond motifs is 4. The summed E-state index contributed by atoms with van der Waals surface area (Å²) in [6.45, 7) is 11.1. The van der Waals surface area contributed by atoms with Crippen LogP contribution in [0.4, 0.5) is 0 Å². The van der Waals surface area contributed by atoms with E-state index >= 15 is 0 Å². The monoisotopic (exact) mass is 472 g/mol. The summed E-state index contributed by atoms with van der Waals surface area (Å²) in [6.07, 6.45) is 4.61. The third kappa shape index (κ3) is 5.19. The third-order valence-corrected chi connectivity index (χ3v) is 7.28. The van der Waals surface area contributed by atoms with Crippen LogP contribution in [0.25, 0.3) is 0 Å². The SMILES string of the molecule is COc1c(C)cc(Cc2cc3c(OC)c(c2)CCc2cc(C(C)(C)C)cc(c2OC)CC3)cc1C. The molecule has 3 nitrogen and oxygen atoms in total. The molecular weight excluding hydrogens is 432 g/mol. The van der Waals surface area contributed by atoms with E-state index in [1.165, 1.54) is 50.1 Å². The first-order chi connectivity index (χ1) is 16.6. The van der Waals surface area contributed by atoms with Crippen molar-refractivity contribution in [1.82, 2.24) is 0 Å². The largest absolute Gasteiger partial charge is 0.496 e. The van der Waals surface area contributed by atoms with Crippen molar-refractivity contribution < 1.29 is 14.2 Å². The maximum atomic E-state index is 5.98. The zero-order valence-corrected chi connectivity index (χ0v) is 22.7. The van der Waals surface area contributed by atoms with E-state index in [-0.39, 0.29) is 5.41 Å². The predicted molar refractivity (Wildman–Crippen MR) is 145 cm³/mol. The molecule has 0 spiro atoms. The Morgan fingerprint density at radius 2 is 0.943 bits per heavy atom. The quantitative estimate of drug-likeness (QED) is 0.396. The molecule has 0 saturated carbocycles. The molecule has 0 aliphatic heterocycles. The normalized spacial score (nSPS) is 13.4. The summed E-state index contributed by atoms with van der Waals surface area (Å²) in [5.74, 6) is 3.10. The van der Waals surface area contributed by atoms with Crippen LogP contribution in [0.3, 0.4) is 0 Å². The first-order valence-corrected chi connectivity index (χ1v) is 12.7. The van der Waals surface area contributed by atoms with Gasteiger partial charge >= 0.3 is 0 Å². The van der Waals surface area contributed by atoms with Crippen LogP contribution in [0.5, 0.6) is 17.2 Å². The molecule has 3 heteroatoms. The lowest BCUT2D eigenvalue weighted by atomic mass is 9.82. The number of benzene rings is 3. The van der Waals surface area contributed by atoms with Crippen LogP contribution in [0.15, 0.2) is 36.4 Å². The summed E-state index contributed by atoms with van der Waals surface area (Å²) < 4.78 is 17.5. The van der Waals surface area contributed by atoms with E-state index in [1.807, 2.05) is 14.2 Å². The third-order valence-electron chi connectivity index (χ3n) is 7.28. The van der Waals surface area contributed by atoms with Gasteiger partial charge in [0.15, 0.2) is 0 Å². The van der Waals surface area contributed by atoms with Gasteiger partial charge in [0.25, 0.3) is 0 Å². The minimum absolute atomic E-state index is 0.105.